The molecule has 8 nitrogen and oxygen atoms in total. The zero-order valence-corrected chi connectivity index (χ0v) is 17.7. The van der Waals surface area contributed by atoms with Gasteiger partial charge in [0, 0.05) is 17.8 Å². The number of ether oxygens (including phenoxy) is 1. The molecule has 0 amide bonds. The van der Waals surface area contributed by atoms with Crippen LogP contribution in [0.5, 0.6) is 5.75 Å². The van der Waals surface area contributed by atoms with Gasteiger partial charge >= 0.3 is 0 Å². The molecule has 0 spiro atoms. The maximum Gasteiger partial charge on any atom is 0.271 e. The molecule has 0 fully saturated rings. The number of anilines is 4. The summed E-state index contributed by atoms with van der Waals surface area (Å²) in [6.07, 6.45) is 1.46. The van der Waals surface area contributed by atoms with Crippen molar-refractivity contribution in [1.29, 1.82) is 0 Å². The van der Waals surface area contributed by atoms with Crippen molar-refractivity contribution >= 4 is 53.7 Å². The summed E-state index contributed by atoms with van der Waals surface area (Å²) >= 11 is 6.28. The number of nitro benzene ring substituents is 1. The number of benzene rings is 2. The first kappa shape index (κ1) is 20.8. The minimum atomic E-state index is -0.481. The number of nitrogens with one attached hydrogen (secondary N) is 2. The molecule has 3 aromatic rings. The van der Waals surface area contributed by atoms with Crippen molar-refractivity contribution in [2.75, 3.05) is 31.1 Å². The van der Waals surface area contributed by atoms with E-state index in [-0.39, 0.29) is 19.6 Å². The van der Waals surface area contributed by atoms with Gasteiger partial charge in [0.05, 0.1) is 23.9 Å². The molecule has 150 valence electrons. The van der Waals surface area contributed by atoms with E-state index >= 15 is 0 Å². The number of non-ortho nitro benzene ring substituents is 1. The van der Waals surface area contributed by atoms with E-state index in [1.165, 1.54) is 36.8 Å². The molecule has 2 N–H and O–H groups in total. The van der Waals surface area contributed by atoms with Gasteiger partial charge in [-0.25, -0.2) is 4.98 Å². The summed E-state index contributed by atoms with van der Waals surface area (Å²) in [5.41, 5.74) is 1.22. The van der Waals surface area contributed by atoms with Crippen LogP contribution in [0.1, 0.15) is 0 Å². The maximum atomic E-state index is 11.1. The molecule has 3 rings (SSSR count). The predicted molar refractivity (Wildman–Crippen MR) is 118 cm³/mol. The standard InChI is InChI=1S/C19H19ClN5O3P/c1-28-16-9-8-12(25(26)27)10-15(16)23-19-21-11-13(20)18(24-19)22-14-6-4-5-7-17(14)29(2)3/h4-11H,1-3H3,(H2,21,22,23,24). The van der Waals surface area contributed by atoms with Gasteiger partial charge in [-0.15, -0.1) is 0 Å². The molecular formula is C19H19ClN5O3P. The van der Waals surface area contributed by atoms with Crippen LogP contribution in [-0.2, 0) is 0 Å². The molecule has 1 aromatic heterocycles. The van der Waals surface area contributed by atoms with Gasteiger partial charge in [0.15, 0.2) is 5.82 Å². The number of para-hydroxylation sites is 1. The summed E-state index contributed by atoms with van der Waals surface area (Å²) in [5.74, 6) is 1.08. The monoisotopic (exact) mass is 431 g/mol. The number of hydrogen-bond acceptors (Lipinski definition) is 7. The molecule has 0 atom stereocenters. The van der Waals surface area contributed by atoms with Crippen LogP contribution in [0, 0.1) is 10.1 Å². The van der Waals surface area contributed by atoms with Gasteiger partial charge in [-0.3, -0.25) is 10.1 Å². The Hall–Kier alpha value is -2.96. The predicted octanol–water partition coefficient (Wildman–Crippen LogP) is 4.90. The molecule has 1 heterocycles. The zero-order chi connectivity index (χ0) is 21.0. The number of nitrogens with zero attached hydrogens (tertiary/aromatic N) is 3. The summed E-state index contributed by atoms with van der Waals surface area (Å²) in [5, 5.41) is 18.8. The third-order valence-electron chi connectivity index (χ3n) is 4.02. The summed E-state index contributed by atoms with van der Waals surface area (Å²) < 4.78 is 5.26. The summed E-state index contributed by atoms with van der Waals surface area (Å²) in [4.78, 5) is 19.2. The number of aromatic nitrogens is 2. The lowest BCUT2D eigenvalue weighted by atomic mass is 10.2. The highest BCUT2D eigenvalue weighted by molar-refractivity contribution is 7.64. The lowest BCUT2D eigenvalue weighted by molar-refractivity contribution is -0.384. The van der Waals surface area contributed by atoms with Gasteiger partial charge < -0.3 is 15.4 Å². The second-order valence-electron chi connectivity index (χ2n) is 6.19. The molecule has 29 heavy (non-hydrogen) atoms. The number of methoxy groups -OCH3 is 1. The van der Waals surface area contributed by atoms with Crippen LogP contribution in [0.4, 0.5) is 28.8 Å². The molecule has 0 aliphatic rings. The first-order valence-electron chi connectivity index (χ1n) is 8.54. The lowest BCUT2D eigenvalue weighted by Gasteiger charge is -2.16. The number of rotatable bonds is 7. The van der Waals surface area contributed by atoms with Gasteiger partial charge in [-0.1, -0.05) is 37.7 Å². The molecule has 2 aromatic carbocycles. The zero-order valence-electron chi connectivity index (χ0n) is 16.0. The average Bonchev–Trinajstić information content (AvgIpc) is 2.70. The number of halogens is 1. The Bertz CT molecular complexity index is 1050. The van der Waals surface area contributed by atoms with Crippen molar-refractivity contribution in [3.63, 3.8) is 0 Å². The van der Waals surface area contributed by atoms with E-state index in [0.717, 1.165) is 5.69 Å². The summed E-state index contributed by atoms with van der Waals surface area (Å²) in [7, 11) is 1.15. The van der Waals surface area contributed by atoms with Crippen molar-refractivity contribution in [2.24, 2.45) is 0 Å². The Morgan fingerprint density at radius 3 is 2.59 bits per heavy atom. The quantitative estimate of drug-likeness (QED) is 0.311. The fraction of sp³-hybridized carbons (Fsp3) is 0.158. The molecule has 0 saturated carbocycles. The van der Waals surface area contributed by atoms with Gasteiger partial charge in [0.25, 0.3) is 5.69 Å². The molecule has 0 aliphatic heterocycles. The highest BCUT2D eigenvalue weighted by Crippen LogP contribution is 2.33. The smallest absolute Gasteiger partial charge is 0.271 e. The van der Waals surface area contributed by atoms with Crippen LogP contribution in [0.3, 0.4) is 0 Å². The molecule has 0 unspecified atom stereocenters. The normalized spacial score (nSPS) is 10.7. The van der Waals surface area contributed by atoms with Crippen molar-refractivity contribution in [1.82, 2.24) is 9.97 Å². The second-order valence-corrected chi connectivity index (χ2v) is 8.87. The molecular weight excluding hydrogens is 413 g/mol. The van der Waals surface area contributed by atoms with Crippen molar-refractivity contribution in [3.05, 3.63) is 63.8 Å². The van der Waals surface area contributed by atoms with Crippen LogP contribution >= 0.6 is 19.5 Å². The van der Waals surface area contributed by atoms with E-state index in [2.05, 4.69) is 40.0 Å². The van der Waals surface area contributed by atoms with Crippen molar-refractivity contribution in [3.8, 4) is 5.75 Å². The third kappa shape index (κ3) is 4.91. The summed E-state index contributed by atoms with van der Waals surface area (Å²) in [6.45, 7) is 4.33. The second kappa shape index (κ2) is 9.03. The molecule has 0 radical (unpaired) electrons. The lowest BCUT2D eigenvalue weighted by Crippen LogP contribution is -2.09. The van der Waals surface area contributed by atoms with E-state index < -0.39 is 4.92 Å². The Morgan fingerprint density at radius 2 is 1.90 bits per heavy atom. The highest BCUT2D eigenvalue weighted by atomic mass is 35.5. The fourth-order valence-corrected chi connectivity index (χ4v) is 3.77. The molecule has 0 saturated heterocycles. The van der Waals surface area contributed by atoms with Crippen LogP contribution < -0.4 is 20.7 Å². The summed E-state index contributed by atoms with van der Waals surface area (Å²) in [6, 6.07) is 12.2. The topological polar surface area (TPSA) is 102 Å². The minimum absolute atomic E-state index is 0.0752. The van der Waals surface area contributed by atoms with Crippen molar-refractivity contribution < 1.29 is 9.66 Å². The van der Waals surface area contributed by atoms with Crippen LogP contribution in [0.25, 0.3) is 0 Å². The Kier molecular flexibility index (Phi) is 6.46. The first-order valence-corrected chi connectivity index (χ1v) is 11.2. The van der Waals surface area contributed by atoms with Gasteiger partial charge in [0.1, 0.15) is 10.8 Å². The van der Waals surface area contributed by atoms with Crippen LogP contribution in [0.15, 0.2) is 48.7 Å². The third-order valence-corrected chi connectivity index (χ3v) is 5.65. The molecule has 0 aliphatic carbocycles. The SMILES string of the molecule is COc1ccc([N+](=O)[O-])cc1Nc1ncc(Cl)c(Nc2ccccc2P(C)C)n1. The Morgan fingerprint density at radius 1 is 1.14 bits per heavy atom. The molecule has 0 bridgehead atoms. The van der Waals surface area contributed by atoms with E-state index in [0.29, 0.717) is 22.3 Å². The van der Waals surface area contributed by atoms with E-state index in [4.69, 9.17) is 16.3 Å². The minimum Gasteiger partial charge on any atom is -0.495 e. The number of nitro groups is 1. The number of hydrogen-bond donors (Lipinski definition) is 2. The van der Waals surface area contributed by atoms with Crippen LogP contribution in [-0.4, -0.2) is 35.3 Å². The van der Waals surface area contributed by atoms with Crippen LogP contribution in [0.2, 0.25) is 5.02 Å². The first-order chi connectivity index (χ1) is 13.9. The average molecular weight is 432 g/mol. The van der Waals surface area contributed by atoms with Crippen molar-refractivity contribution in [2.45, 2.75) is 0 Å². The maximum absolute atomic E-state index is 11.1. The largest absolute Gasteiger partial charge is 0.495 e. The van der Waals surface area contributed by atoms with E-state index in [1.54, 1.807) is 0 Å². The van der Waals surface area contributed by atoms with Gasteiger partial charge in [-0.05, 0) is 30.8 Å². The van der Waals surface area contributed by atoms with E-state index in [1.807, 2.05) is 18.2 Å². The highest BCUT2D eigenvalue weighted by Gasteiger charge is 2.14. The van der Waals surface area contributed by atoms with Gasteiger partial charge in [-0.2, -0.15) is 4.98 Å². The van der Waals surface area contributed by atoms with E-state index in [9.17, 15) is 10.1 Å². The Balaban J connectivity index is 1.93. The molecule has 10 heteroatoms. The fourth-order valence-electron chi connectivity index (χ4n) is 2.64. The van der Waals surface area contributed by atoms with Gasteiger partial charge in [0.2, 0.25) is 5.95 Å². The Labute approximate surface area is 174 Å².